The molecule has 17 heavy (non-hydrogen) atoms. The minimum atomic E-state index is 0.858. The fourth-order valence-electron chi connectivity index (χ4n) is 1.72. The molecule has 0 aromatic carbocycles. The van der Waals surface area contributed by atoms with Crippen LogP contribution < -0.4 is 5.32 Å². The molecule has 0 aliphatic heterocycles. The van der Waals surface area contributed by atoms with Gasteiger partial charge in [0.15, 0.2) is 0 Å². The summed E-state index contributed by atoms with van der Waals surface area (Å²) in [7, 11) is 0. The summed E-state index contributed by atoms with van der Waals surface area (Å²) in [6.45, 7) is 6.95. The standard InChI is InChI=1S/C12H18N4S/c1-3-6-16-11(4-5-15-16)7-13-8-12-10(2)14-9-17-12/h4-5,9,13H,3,6-8H2,1-2H3. The Morgan fingerprint density at radius 3 is 3.00 bits per heavy atom. The second-order valence-electron chi connectivity index (χ2n) is 4.01. The van der Waals surface area contributed by atoms with Gasteiger partial charge in [-0.1, -0.05) is 6.92 Å². The number of rotatable bonds is 6. The molecular weight excluding hydrogens is 232 g/mol. The fourth-order valence-corrected chi connectivity index (χ4v) is 2.47. The maximum absolute atomic E-state index is 4.31. The number of hydrogen-bond acceptors (Lipinski definition) is 4. The molecule has 0 fully saturated rings. The summed E-state index contributed by atoms with van der Waals surface area (Å²) in [6, 6.07) is 2.07. The van der Waals surface area contributed by atoms with Crippen molar-refractivity contribution in [1.82, 2.24) is 20.1 Å². The summed E-state index contributed by atoms with van der Waals surface area (Å²) in [5.74, 6) is 0. The van der Waals surface area contributed by atoms with Crippen molar-refractivity contribution in [2.75, 3.05) is 0 Å². The van der Waals surface area contributed by atoms with Crippen LogP contribution in [-0.2, 0) is 19.6 Å². The van der Waals surface area contributed by atoms with Crippen LogP contribution in [0.5, 0.6) is 0 Å². The van der Waals surface area contributed by atoms with E-state index in [0.717, 1.165) is 31.7 Å². The molecule has 0 saturated heterocycles. The van der Waals surface area contributed by atoms with Crippen LogP contribution in [0.1, 0.15) is 29.6 Å². The molecule has 0 aliphatic rings. The minimum Gasteiger partial charge on any atom is -0.306 e. The monoisotopic (exact) mass is 250 g/mol. The van der Waals surface area contributed by atoms with E-state index in [1.165, 1.54) is 10.6 Å². The van der Waals surface area contributed by atoms with Gasteiger partial charge in [0.05, 0.1) is 16.9 Å². The van der Waals surface area contributed by atoms with E-state index in [1.807, 2.05) is 11.7 Å². The highest BCUT2D eigenvalue weighted by Gasteiger charge is 2.03. The number of aromatic nitrogens is 3. The molecular formula is C12H18N4S. The third kappa shape index (κ3) is 3.14. The zero-order valence-corrected chi connectivity index (χ0v) is 11.1. The van der Waals surface area contributed by atoms with E-state index >= 15 is 0 Å². The van der Waals surface area contributed by atoms with Crippen LogP contribution in [0.3, 0.4) is 0 Å². The molecule has 2 aromatic rings. The molecule has 2 heterocycles. The minimum absolute atomic E-state index is 0.858. The summed E-state index contributed by atoms with van der Waals surface area (Å²) >= 11 is 1.71. The first-order valence-electron chi connectivity index (χ1n) is 5.91. The van der Waals surface area contributed by atoms with E-state index in [4.69, 9.17) is 0 Å². The topological polar surface area (TPSA) is 42.7 Å². The smallest absolute Gasteiger partial charge is 0.0798 e. The summed E-state index contributed by atoms with van der Waals surface area (Å²) < 4.78 is 2.06. The maximum Gasteiger partial charge on any atom is 0.0798 e. The van der Waals surface area contributed by atoms with Crippen LogP contribution in [0, 0.1) is 6.92 Å². The molecule has 0 aliphatic carbocycles. The lowest BCUT2D eigenvalue weighted by Crippen LogP contribution is -2.16. The van der Waals surface area contributed by atoms with Gasteiger partial charge in [-0.15, -0.1) is 11.3 Å². The Bertz CT molecular complexity index is 461. The van der Waals surface area contributed by atoms with Crippen LogP contribution >= 0.6 is 11.3 Å². The lowest BCUT2D eigenvalue weighted by molar-refractivity contribution is 0.550. The van der Waals surface area contributed by atoms with Gasteiger partial charge >= 0.3 is 0 Å². The predicted molar refractivity (Wildman–Crippen MR) is 69.9 cm³/mol. The van der Waals surface area contributed by atoms with Gasteiger partial charge in [0.1, 0.15) is 0 Å². The Kier molecular flexibility index (Phi) is 4.28. The van der Waals surface area contributed by atoms with Crippen LogP contribution in [0.4, 0.5) is 0 Å². The average Bonchev–Trinajstić information content (AvgIpc) is 2.90. The normalized spacial score (nSPS) is 10.9. The van der Waals surface area contributed by atoms with E-state index < -0.39 is 0 Å². The molecule has 0 saturated carbocycles. The van der Waals surface area contributed by atoms with E-state index in [1.54, 1.807) is 11.3 Å². The quantitative estimate of drug-likeness (QED) is 0.855. The Morgan fingerprint density at radius 1 is 1.41 bits per heavy atom. The van der Waals surface area contributed by atoms with E-state index in [0.29, 0.717) is 0 Å². The number of nitrogens with one attached hydrogen (secondary N) is 1. The molecule has 5 heteroatoms. The van der Waals surface area contributed by atoms with Crippen molar-refractivity contribution in [3.8, 4) is 0 Å². The second-order valence-corrected chi connectivity index (χ2v) is 4.95. The molecule has 4 nitrogen and oxygen atoms in total. The number of aryl methyl sites for hydroxylation is 2. The third-order valence-corrected chi connectivity index (χ3v) is 3.61. The highest BCUT2D eigenvalue weighted by atomic mass is 32.1. The van der Waals surface area contributed by atoms with Crippen molar-refractivity contribution >= 4 is 11.3 Å². The van der Waals surface area contributed by atoms with Gasteiger partial charge in [-0.25, -0.2) is 4.98 Å². The lowest BCUT2D eigenvalue weighted by Gasteiger charge is -2.07. The highest BCUT2D eigenvalue weighted by Crippen LogP contribution is 2.11. The molecule has 0 bridgehead atoms. The van der Waals surface area contributed by atoms with Crippen molar-refractivity contribution < 1.29 is 0 Å². The van der Waals surface area contributed by atoms with E-state index in [-0.39, 0.29) is 0 Å². The summed E-state index contributed by atoms with van der Waals surface area (Å²) in [5.41, 5.74) is 4.27. The predicted octanol–water partition coefficient (Wildman–Crippen LogP) is 2.35. The zero-order chi connectivity index (χ0) is 12.1. The van der Waals surface area contributed by atoms with Crippen molar-refractivity contribution in [2.24, 2.45) is 0 Å². The first kappa shape index (κ1) is 12.3. The first-order valence-corrected chi connectivity index (χ1v) is 6.79. The van der Waals surface area contributed by atoms with Crippen molar-refractivity contribution in [3.05, 3.63) is 34.0 Å². The number of nitrogens with zero attached hydrogens (tertiary/aromatic N) is 3. The van der Waals surface area contributed by atoms with Gasteiger partial charge in [-0.05, 0) is 19.4 Å². The summed E-state index contributed by atoms with van der Waals surface area (Å²) in [6.07, 6.45) is 2.98. The van der Waals surface area contributed by atoms with E-state index in [9.17, 15) is 0 Å². The highest BCUT2D eigenvalue weighted by molar-refractivity contribution is 7.09. The molecule has 0 radical (unpaired) electrons. The summed E-state index contributed by atoms with van der Waals surface area (Å²) in [4.78, 5) is 5.55. The van der Waals surface area contributed by atoms with E-state index in [2.05, 4.69) is 40.0 Å². The molecule has 0 amide bonds. The second kappa shape index (κ2) is 5.93. The molecule has 2 rings (SSSR count). The van der Waals surface area contributed by atoms with Crippen molar-refractivity contribution in [2.45, 2.75) is 39.9 Å². The molecule has 0 atom stereocenters. The van der Waals surface area contributed by atoms with Crippen molar-refractivity contribution in [1.29, 1.82) is 0 Å². The summed E-state index contributed by atoms with van der Waals surface area (Å²) in [5, 5.41) is 7.75. The SMILES string of the molecule is CCCn1nccc1CNCc1scnc1C. The molecule has 1 N–H and O–H groups in total. The molecule has 92 valence electrons. The van der Waals surface area contributed by atoms with Gasteiger partial charge in [0, 0.05) is 30.7 Å². The van der Waals surface area contributed by atoms with Crippen LogP contribution in [0.2, 0.25) is 0 Å². The maximum atomic E-state index is 4.31. The Labute approximate surface area is 106 Å². The fraction of sp³-hybridized carbons (Fsp3) is 0.500. The van der Waals surface area contributed by atoms with Crippen LogP contribution in [0.15, 0.2) is 17.8 Å². The zero-order valence-electron chi connectivity index (χ0n) is 10.3. The number of hydrogen-bond donors (Lipinski definition) is 1. The average molecular weight is 250 g/mol. The molecule has 2 aromatic heterocycles. The largest absolute Gasteiger partial charge is 0.306 e. The Morgan fingerprint density at radius 2 is 2.29 bits per heavy atom. The molecule has 0 unspecified atom stereocenters. The van der Waals surface area contributed by atoms with Crippen LogP contribution in [0.25, 0.3) is 0 Å². The van der Waals surface area contributed by atoms with Gasteiger partial charge in [0.2, 0.25) is 0 Å². The Hall–Kier alpha value is -1.20. The van der Waals surface area contributed by atoms with Crippen molar-refractivity contribution in [3.63, 3.8) is 0 Å². The van der Waals surface area contributed by atoms with Crippen LogP contribution in [-0.4, -0.2) is 14.8 Å². The van der Waals surface area contributed by atoms with Gasteiger partial charge < -0.3 is 5.32 Å². The molecule has 0 spiro atoms. The number of thiazole rings is 1. The van der Waals surface area contributed by atoms with Gasteiger partial charge in [-0.3, -0.25) is 4.68 Å². The van der Waals surface area contributed by atoms with Gasteiger partial charge in [0.25, 0.3) is 0 Å². The lowest BCUT2D eigenvalue weighted by atomic mass is 10.3. The van der Waals surface area contributed by atoms with Gasteiger partial charge in [-0.2, -0.15) is 5.10 Å². The Balaban J connectivity index is 1.86. The third-order valence-electron chi connectivity index (χ3n) is 2.68. The first-order chi connectivity index (χ1) is 8.31.